The van der Waals surface area contributed by atoms with Crippen LogP contribution in [0.3, 0.4) is 0 Å². The third-order valence-electron chi connectivity index (χ3n) is 3.83. The van der Waals surface area contributed by atoms with Crippen molar-refractivity contribution in [1.29, 1.82) is 0 Å². The number of hydrogen-bond acceptors (Lipinski definition) is 1. The zero-order valence-electron chi connectivity index (χ0n) is 11.2. The molecule has 94 valence electrons. The second-order valence-corrected chi connectivity index (χ2v) is 5.49. The minimum atomic E-state index is 0.400. The van der Waals surface area contributed by atoms with Crippen molar-refractivity contribution in [3.05, 3.63) is 0 Å². The number of amidine groups is 1. The average Bonchev–Trinajstić information content (AvgIpc) is 2.29. The van der Waals surface area contributed by atoms with E-state index in [0.717, 1.165) is 11.8 Å². The van der Waals surface area contributed by atoms with E-state index in [2.05, 4.69) is 25.8 Å². The molecule has 0 aromatic carbocycles. The van der Waals surface area contributed by atoms with Gasteiger partial charge in [-0.1, -0.05) is 39.5 Å². The minimum Gasteiger partial charge on any atom is -0.387 e. The molecule has 2 N–H and O–H groups in total. The molecule has 1 fully saturated rings. The molecule has 0 aromatic rings. The van der Waals surface area contributed by atoms with Crippen LogP contribution in [-0.2, 0) is 0 Å². The first-order chi connectivity index (χ1) is 7.63. The van der Waals surface area contributed by atoms with Gasteiger partial charge in [-0.2, -0.15) is 0 Å². The summed E-state index contributed by atoms with van der Waals surface area (Å²) in [6.45, 7) is 6.73. The van der Waals surface area contributed by atoms with Gasteiger partial charge in [0.05, 0.1) is 5.84 Å². The highest BCUT2D eigenvalue weighted by molar-refractivity contribution is 5.83. The van der Waals surface area contributed by atoms with E-state index >= 15 is 0 Å². The molecule has 1 rings (SSSR count). The smallest absolute Gasteiger partial charge is 0.0971 e. The Balaban J connectivity index is 2.41. The fourth-order valence-electron chi connectivity index (χ4n) is 2.56. The highest BCUT2D eigenvalue weighted by atomic mass is 14.9. The van der Waals surface area contributed by atoms with E-state index in [4.69, 9.17) is 5.73 Å². The van der Waals surface area contributed by atoms with Gasteiger partial charge in [0.2, 0.25) is 0 Å². The lowest BCUT2D eigenvalue weighted by Crippen LogP contribution is -2.27. The van der Waals surface area contributed by atoms with E-state index in [1.165, 1.54) is 44.9 Å². The summed E-state index contributed by atoms with van der Waals surface area (Å²) in [6.07, 6.45) is 8.97. The van der Waals surface area contributed by atoms with Crippen molar-refractivity contribution in [2.45, 2.75) is 71.8 Å². The SMILES string of the molecule is CCC(C)CC(C)N=C(N)C1CCCCC1. The van der Waals surface area contributed by atoms with E-state index in [0.29, 0.717) is 12.0 Å². The van der Waals surface area contributed by atoms with Gasteiger partial charge < -0.3 is 5.73 Å². The van der Waals surface area contributed by atoms with Crippen molar-refractivity contribution < 1.29 is 0 Å². The van der Waals surface area contributed by atoms with Crippen molar-refractivity contribution in [3.63, 3.8) is 0 Å². The largest absolute Gasteiger partial charge is 0.387 e. The highest BCUT2D eigenvalue weighted by Crippen LogP contribution is 2.24. The molecule has 2 nitrogen and oxygen atoms in total. The van der Waals surface area contributed by atoms with Crippen molar-refractivity contribution in [1.82, 2.24) is 0 Å². The number of aliphatic imine (C=N–C) groups is 1. The summed E-state index contributed by atoms with van der Waals surface area (Å²) in [4.78, 5) is 4.68. The molecule has 1 aliphatic carbocycles. The van der Waals surface area contributed by atoms with Crippen molar-refractivity contribution in [2.24, 2.45) is 22.6 Å². The summed E-state index contributed by atoms with van der Waals surface area (Å²) in [7, 11) is 0. The maximum atomic E-state index is 6.12. The molecular weight excluding hydrogens is 196 g/mol. The molecule has 0 aromatic heterocycles. The van der Waals surface area contributed by atoms with E-state index in [9.17, 15) is 0 Å². The molecule has 2 heteroatoms. The van der Waals surface area contributed by atoms with Gasteiger partial charge in [0.15, 0.2) is 0 Å². The normalized spacial score (nSPS) is 23.1. The lowest BCUT2D eigenvalue weighted by molar-refractivity contribution is 0.430. The summed E-state index contributed by atoms with van der Waals surface area (Å²) < 4.78 is 0. The molecule has 0 amide bonds. The van der Waals surface area contributed by atoms with E-state index in [1.807, 2.05) is 0 Å². The van der Waals surface area contributed by atoms with Gasteiger partial charge in [-0.15, -0.1) is 0 Å². The first-order valence-corrected chi connectivity index (χ1v) is 6.96. The molecule has 2 unspecified atom stereocenters. The Labute approximate surface area is 101 Å². The van der Waals surface area contributed by atoms with Crippen LogP contribution in [0.1, 0.15) is 65.7 Å². The van der Waals surface area contributed by atoms with Gasteiger partial charge in [0.1, 0.15) is 0 Å². The Morgan fingerprint density at radius 3 is 2.44 bits per heavy atom. The van der Waals surface area contributed by atoms with Gasteiger partial charge in [0, 0.05) is 12.0 Å². The lowest BCUT2D eigenvalue weighted by atomic mass is 9.88. The molecule has 1 saturated carbocycles. The fraction of sp³-hybridized carbons (Fsp3) is 0.929. The standard InChI is InChI=1S/C14H28N2/c1-4-11(2)10-12(3)16-14(15)13-8-6-5-7-9-13/h11-13H,4-10H2,1-3H3,(H2,15,16). The predicted molar refractivity (Wildman–Crippen MR) is 71.7 cm³/mol. The summed E-state index contributed by atoms with van der Waals surface area (Å²) >= 11 is 0. The predicted octanol–water partition coefficient (Wildman–Crippen LogP) is 3.75. The minimum absolute atomic E-state index is 0.400. The molecule has 2 atom stereocenters. The molecular formula is C14H28N2. The maximum absolute atomic E-state index is 6.12. The average molecular weight is 224 g/mol. The summed E-state index contributed by atoms with van der Waals surface area (Å²) in [6, 6.07) is 0.400. The second-order valence-electron chi connectivity index (χ2n) is 5.49. The molecule has 16 heavy (non-hydrogen) atoms. The van der Waals surface area contributed by atoms with E-state index in [1.54, 1.807) is 0 Å². The lowest BCUT2D eigenvalue weighted by Gasteiger charge is -2.22. The van der Waals surface area contributed by atoms with Crippen LogP contribution in [0.15, 0.2) is 4.99 Å². The summed E-state index contributed by atoms with van der Waals surface area (Å²) in [5.41, 5.74) is 6.12. The van der Waals surface area contributed by atoms with Crippen molar-refractivity contribution >= 4 is 5.84 Å². The van der Waals surface area contributed by atoms with Crippen LogP contribution < -0.4 is 5.73 Å². The van der Waals surface area contributed by atoms with Gasteiger partial charge in [-0.3, -0.25) is 4.99 Å². The van der Waals surface area contributed by atoms with E-state index in [-0.39, 0.29) is 0 Å². The van der Waals surface area contributed by atoms with Gasteiger partial charge in [0.25, 0.3) is 0 Å². The van der Waals surface area contributed by atoms with E-state index < -0.39 is 0 Å². The van der Waals surface area contributed by atoms with Crippen LogP contribution in [0, 0.1) is 11.8 Å². The van der Waals surface area contributed by atoms with Crippen molar-refractivity contribution in [3.8, 4) is 0 Å². The van der Waals surface area contributed by atoms with Crippen molar-refractivity contribution in [2.75, 3.05) is 0 Å². The van der Waals surface area contributed by atoms with Gasteiger partial charge in [-0.05, 0) is 32.1 Å². The van der Waals surface area contributed by atoms with Crippen LogP contribution in [0.5, 0.6) is 0 Å². The molecule has 0 heterocycles. The molecule has 1 aliphatic rings. The second kappa shape index (κ2) is 6.93. The topological polar surface area (TPSA) is 38.4 Å². The maximum Gasteiger partial charge on any atom is 0.0971 e. The number of rotatable bonds is 5. The van der Waals surface area contributed by atoms with Crippen LogP contribution in [0.25, 0.3) is 0 Å². The van der Waals surface area contributed by atoms with Gasteiger partial charge in [-0.25, -0.2) is 0 Å². The highest BCUT2D eigenvalue weighted by Gasteiger charge is 2.17. The Bertz CT molecular complexity index is 217. The summed E-state index contributed by atoms with van der Waals surface area (Å²) in [5.74, 6) is 2.27. The Hall–Kier alpha value is -0.530. The third-order valence-corrected chi connectivity index (χ3v) is 3.83. The molecule has 0 radical (unpaired) electrons. The molecule has 0 spiro atoms. The number of nitrogens with two attached hydrogens (primary N) is 1. The zero-order valence-corrected chi connectivity index (χ0v) is 11.2. The monoisotopic (exact) mass is 224 g/mol. The number of hydrogen-bond donors (Lipinski definition) is 1. The molecule has 0 saturated heterocycles. The Kier molecular flexibility index (Phi) is 5.86. The van der Waals surface area contributed by atoms with Crippen LogP contribution in [0.4, 0.5) is 0 Å². The quantitative estimate of drug-likeness (QED) is 0.560. The molecule has 0 bridgehead atoms. The summed E-state index contributed by atoms with van der Waals surface area (Å²) in [5, 5.41) is 0. The first-order valence-electron chi connectivity index (χ1n) is 6.96. The Morgan fingerprint density at radius 2 is 1.88 bits per heavy atom. The van der Waals surface area contributed by atoms with Crippen LogP contribution in [0.2, 0.25) is 0 Å². The first kappa shape index (κ1) is 13.5. The van der Waals surface area contributed by atoms with Crippen LogP contribution >= 0.6 is 0 Å². The number of nitrogens with zero attached hydrogens (tertiary/aromatic N) is 1. The van der Waals surface area contributed by atoms with Gasteiger partial charge >= 0.3 is 0 Å². The van der Waals surface area contributed by atoms with Crippen LogP contribution in [-0.4, -0.2) is 11.9 Å². The molecule has 0 aliphatic heterocycles. The fourth-order valence-corrected chi connectivity index (χ4v) is 2.56. The Morgan fingerprint density at radius 1 is 1.25 bits per heavy atom. The zero-order chi connectivity index (χ0) is 12.0. The third kappa shape index (κ3) is 4.54.